The van der Waals surface area contributed by atoms with Crippen LogP contribution in [0.25, 0.3) is 0 Å². The summed E-state index contributed by atoms with van der Waals surface area (Å²) in [5.41, 5.74) is 0.674. The lowest BCUT2D eigenvalue weighted by Gasteiger charge is -2.20. The maximum absolute atomic E-state index is 13.9. The summed E-state index contributed by atoms with van der Waals surface area (Å²) >= 11 is 5.88. The average Bonchev–Trinajstić information content (AvgIpc) is 2.41. The number of benzene rings is 2. The van der Waals surface area contributed by atoms with Crippen molar-refractivity contribution < 1.29 is 8.78 Å². The molecule has 0 radical (unpaired) electrons. The van der Waals surface area contributed by atoms with Gasteiger partial charge in [-0.1, -0.05) is 23.7 Å². The van der Waals surface area contributed by atoms with E-state index in [0.29, 0.717) is 11.6 Å². The fourth-order valence-corrected chi connectivity index (χ4v) is 2.13. The molecule has 0 aliphatic carbocycles. The van der Waals surface area contributed by atoms with Crippen LogP contribution in [0.3, 0.4) is 0 Å². The lowest BCUT2D eigenvalue weighted by atomic mass is 10.1. The van der Waals surface area contributed by atoms with Crippen molar-refractivity contribution in [2.75, 3.05) is 11.9 Å². The van der Waals surface area contributed by atoms with Gasteiger partial charge in [0.05, 0.1) is 11.3 Å². The second-order valence-corrected chi connectivity index (χ2v) is 4.79. The first-order valence-corrected chi connectivity index (χ1v) is 6.24. The highest BCUT2D eigenvalue weighted by atomic mass is 35.5. The predicted molar refractivity (Wildman–Crippen MR) is 74.6 cm³/mol. The summed E-state index contributed by atoms with van der Waals surface area (Å²) in [7, 11) is 1.64. The summed E-state index contributed by atoms with van der Waals surface area (Å²) in [6.07, 6.45) is 0. The summed E-state index contributed by atoms with van der Waals surface area (Å²) in [4.78, 5) is 1.56. The van der Waals surface area contributed by atoms with Gasteiger partial charge in [-0.3, -0.25) is 0 Å². The Kier molecular flexibility index (Phi) is 4.21. The van der Waals surface area contributed by atoms with Crippen LogP contribution in [0, 0.1) is 23.0 Å². The fourth-order valence-electron chi connectivity index (χ4n) is 1.91. The summed E-state index contributed by atoms with van der Waals surface area (Å²) in [5.74, 6) is -2.14. The van der Waals surface area contributed by atoms with Crippen LogP contribution in [-0.2, 0) is 6.54 Å². The third-order valence-electron chi connectivity index (χ3n) is 2.90. The minimum atomic E-state index is -1.12. The molecule has 0 heterocycles. The molecule has 0 unspecified atom stereocenters. The maximum Gasteiger partial charge on any atom is 0.183 e. The van der Waals surface area contributed by atoms with E-state index in [0.717, 1.165) is 5.56 Å². The van der Waals surface area contributed by atoms with Crippen LogP contribution in [0.5, 0.6) is 0 Å². The first kappa shape index (κ1) is 14.3. The van der Waals surface area contributed by atoms with Crippen molar-refractivity contribution in [3.8, 4) is 6.07 Å². The van der Waals surface area contributed by atoms with Crippen LogP contribution in [0.2, 0.25) is 5.02 Å². The Hall–Kier alpha value is -2.12. The molecule has 0 spiro atoms. The zero-order valence-electron chi connectivity index (χ0n) is 10.7. The molecule has 0 bridgehead atoms. The maximum atomic E-state index is 13.9. The van der Waals surface area contributed by atoms with Crippen LogP contribution >= 0.6 is 11.6 Å². The molecule has 2 nitrogen and oxygen atoms in total. The monoisotopic (exact) mass is 292 g/mol. The minimum Gasteiger partial charge on any atom is -0.368 e. The van der Waals surface area contributed by atoms with E-state index >= 15 is 0 Å². The van der Waals surface area contributed by atoms with Gasteiger partial charge in [0.15, 0.2) is 11.6 Å². The van der Waals surface area contributed by atoms with Gasteiger partial charge in [-0.15, -0.1) is 0 Å². The quantitative estimate of drug-likeness (QED) is 0.850. The molecule has 2 aromatic carbocycles. The first-order valence-electron chi connectivity index (χ1n) is 5.86. The Labute approximate surface area is 120 Å². The Morgan fingerprint density at radius 1 is 1.20 bits per heavy atom. The molecule has 0 atom stereocenters. The molecule has 0 aromatic heterocycles. The van der Waals surface area contributed by atoms with Crippen molar-refractivity contribution in [3.05, 3.63) is 64.2 Å². The molecular weight excluding hydrogens is 282 g/mol. The van der Waals surface area contributed by atoms with Crippen molar-refractivity contribution in [2.45, 2.75) is 6.54 Å². The Morgan fingerprint density at radius 2 is 1.95 bits per heavy atom. The predicted octanol–water partition coefficient (Wildman–Crippen LogP) is 4.13. The molecular formula is C15H11ClF2N2. The molecule has 0 aliphatic heterocycles. The second-order valence-electron chi connectivity index (χ2n) is 4.36. The summed E-state index contributed by atoms with van der Waals surface area (Å²) in [5, 5.41) is 9.24. The molecule has 2 aromatic rings. The standard InChI is InChI=1S/C15H11ClF2N2/c1-20(9-10-3-2-4-12(16)7-10)13-6-5-11(8-19)14(17)15(13)18/h2-7H,9H2,1H3. The number of rotatable bonds is 3. The SMILES string of the molecule is CN(Cc1cccc(Cl)c1)c1ccc(C#N)c(F)c1F. The zero-order chi connectivity index (χ0) is 14.7. The van der Waals surface area contributed by atoms with E-state index in [4.69, 9.17) is 16.9 Å². The molecule has 5 heteroatoms. The van der Waals surface area contributed by atoms with Gasteiger partial charge in [0, 0.05) is 18.6 Å². The van der Waals surface area contributed by atoms with E-state index in [1.165, 1.54) is 12.1 Å². The van der Waals surface area contributed by atoms with Crippen molar-refractivity contribution in [1.82, 2.24) is 0 Å². The third-order valence-corrected chi connectivity index (χ3v) is 3.14. The molecule has 102 valence electrons. The normalized spacial score (nSPS) is 10.2. The van der Waals surface area contributed by atoms with Crippen LogP contribution in [0.4, 0.5) is 14.5 Å². The van der Waals surface area contributed by atoms with E-state index in [-0.39, 0.29) is 11.3 Å². The van der Waals surface area contributed by atoms with Gasteiger partial charge < -0.3 is 4.90 Å². The molecule has 0 N–H and O–H groups in total. The number of anilines is 1. The van der Waals surface area contributed by atoms with Crippen LogP contribution in [0.15, 0.2) is 36.4 Å². The van der Waals surface area contributed by atoms with E-state index in [1.54, 1.807) is 36.2 Å². The molecule has 0 fully saturated rings. The highest BCUT2D eigenvalue weighted by Gasteiger charge is 2.16. The Balaban J connectivity index is 2.28. The average molecular weight is 293 g/mol. The van der Waals surface area contributed by atoms with Crippen LogP contribution in [0.1, 0.15) is 11.1 Å². The van der Waals surface area contributed by atoms with Crippen molar-refractivity contribution in [2.24, 2.45) is 0 Å². The second kappa shape index (κ2) is 5.89. The van der Waals surface area contributed by atoms with Crippen molar-refractivity contribution in [1.29, 1.82) is 5.26 Å². The zero-order valence-corrected chi connectivity index (χ0v) is 11.5. The molecule has 0 amide bonds. The summed E-state index contributed by atoms with van der Waals surface area (Å²) < 4.78 is 27.5. The molecule has 20 heavy (non-hydrogen) atoms. The van der Waals surface area contributed by atoms with Crippen molar-refractivity contribution in [3.63, 3.8) is 0 Å². The number of halogens is 3. The van der Waals surface area contributed by atoms with E-state index in [2.05, 4.69) is 0 Å². The van der Waals surface area contributed by atoms with Gasteiger partial charge in [0.1, 0.15) is 6.07 Å². The van der Waals surface area contributed by atoms with Crippen molar-refractivity contribution >= 4 is 17.3 Å². The Morgan fingerprint density at radius 3 is 2.60 bits per heavy atom. The molecule has 0 saturated heterocycles. The molecule has 2 rings (SSSR count). The van der Waals surface area contributed by atoms with Crippen LogP contribution < -0.4 is 4.90 Å². The fraction of sp³-hybridized carbons (Fsp3) is 0.133. The lowest BCUT2D eigenvalue weighted by molar-refractivity contribution is 0.505. The third kappa shape index (κ3) is 2.89. The van der Waals surface area contributed by atoms with Gasteiger partial charge in [-0.25, -0.2) is 8.78 Å². The van der Waals surface area contributed by atoms with E-state index < -0.39 is 11.6 Å². The smallest absolute Gasteiger partial charge is 0.183 e. The van der Waals surface area contributed by atoms with Gasteiger partial charge in [0.25, 0.3) is 0 Å². The number of hydrogen-bond acceptors (Lipinski definition) is 2. The lowest BCUT2D eigenvalue weighted by Crippen LogP contribution is -2.18. The number of nitriles is 1. The summed E-state index contributed by atoms with van der Waals surface area (Å²) in [6, 6.07) is 11.4. The first-order chi connectivity index (χ1) is 9.52. The minimum absolute atomic E-state index is 0.0986. The highest BCUT2D eigenvalue weighted by Crippen LogP contribution is 2.24. The Bertz CT molecular complexity index is 680. The largest absolute Gasteiger partial charge is 0.368 e. The summed E-state index contributed by atoms with van der Waals surface area (Å²) in [6.45, 7) is 0.378. The van der Waals surface area contributed by atoms with Crippen LogP contribution in [-0.4, -0.2) is 7.05 Å². The number of nitrogens with zero attached hydrogens (tertiary/aromatic N) is 2. The van der Waals surface area contributed by atoms with Gasteiger partial charge in [-0.2, -0.15) is 5.26 Å². The van der Waals surface area contributed by atoms with Gasteiger partial charge in [0.2, 0.25) is 0 Å². The molecule has 0 saturated carbocycles. The topological polar surface area (TPSA) is 27.0 Å². The van der Waals surface area contributed by atoms with Gasteiger partial charge in [-0.05, 0) is 29.8 Å². The van der Waals surface area contributed by atoms with Gasteiger partial charge >= 0.3 is 0 Å². The number of hydrogen-bond donors (Lipinski definition) is 0. The van der Waals surface area contributed by atoms with E-state index in [1.807, 2.05) is 6.07 Å². The molecule has 0 aliphatic rings. The highest BCUT2D eigenvalue weighted by molar-refractivity contribution is 6.30. The van der Waals surface area contributed by atoms with E-state index in [9.17, 15) is 8.78 Å².